The van der Waals surface area contributed by atoms with Crippen molar-refractivity contribution in [1.29, 1.82) is 0 Å². The van der Waals surface area contributed by atoms with Crippen molar-refractivity contribution >= 4 is 11.6 Å². The highest BCUT2D eigenvalue weighted by Crippen LogP contribution is 2.45. The van der Waals surface area contributed by atoms with Gasteiger partial charge in [0.25, 0.3) is 0 Å². The zero-order valence-corrected chi connectivity index (χ0v) is 11.7. The van der Waals surface area contributed by atoms with Gasteiger partial charge in [0.15, 0.2) is 0 Å². The van der Waals surface area contributed by atoms with E-state index < -0.39 is 17.7 Å². The van der Waals surface area contributed by atoms with Gasteiger partial charge in [0.1, 0.15) is 0 Å². The van der Waals surface area contributed by atoms with Crippen LogP contribution in [0.5, 0.6) is 0 Å². The molecule has 1 aromatic rings. The Morgan fingerprint density at radius 2 is 1.90 bits per heavy atom. The number of carbonyl (C=O) groups is 1. The molecule has 0 spiro atoms. The zero-order chi connectivity index (χ0) is 15.1. The Morgan fingerprint density at radius 3 is 2.45 bits per heavy atom. The SMILES string of the molecule is CC(C)CC(C)C1C(=O)Nc2c1cccc2C(F)(F)F. The average Bonchev–Trinajstić information content (AvgIpc) is 2.61. The Hall–Kier alpha value is -1.52. The Labute approximate surface area is 116 Å². The van der Waals surface area contributed by atoms with Crippen LogP contribution in [0.4, 0.5) is 18.9 Å². The number of para-hydroxylation sites is 1. The molecule has 0 bridgehead atoms. The summed E-state index contributed by atoms with van der Waals surface area (Å²) >= 11 is 0. The minimum absolute atomic E-state index is 0.0136. The van der Waals surface area contributed by atoms with Gasteiger partial charge in [-0.15, -0.1) is 0 Å². The summed E-state index contributed by atoms with van der Waals surface area (Å²) in [4.78, 5) is 12.1. The van der Waals surface area contributed by atoms with Gasteiger partial charge in [-0.2, -0.15) is 13.2 Å². The quantitative estimate of drug-likeness (QED) is 0.875. The Morgan fingerprint density at radius 1 is 1.25 bits per heavy atom. The first-order chi connectivity index (χ1) is 9.21. The molecule has 1 aliphatic heterocycles. The minimum Gasteiger partial charge on any atom is -0.325 e. The van der Waals surface area contributed by atoms with Gasteiger partial charge in [0.05, 0.1) is 17.2 Å². The highest BCUT2D eigenvalue weighted by molar-refractivity contribution is 6.04. The lowest BCUT2D eigenvalue weighted by Crippen LogP contribution is -2.20. The van der Waals surface area contributed by atoms with Crippen LogP contribution in [0.3, 0.4) is 0 Å². The van der Waals surface area contributed by atoms with Crippen molar-refractivity contribution in [2.45, 2.75) is 39.3 Å². The highest BCUT2D eigenvalue weighted by Gasteiger charge is 2.42. The molecule has 1 N–H and O–H groups in total. The smallest absolute Gasteiger partial charge is 0.325 e. The van der Waals surface area contributed by atoms with Gasteiger partial charge < -0.3 is 5.32 Å². The number of benzene rings is 1. The summed E-state index contributed by atoms with van der Waals surface area (Å²) in [6, 6.07) is 4.00. The molecule has 0 aromatic heterocycles. The molecule has 2 unspecified atom stereocenters. The van der Waals surface area contributed by atoms with E-state index in [1.54, 1.807) is 6.07 Å². The molecule has 2 rings (SSSR count). The molecule has 2 atom stereocenters. The van der Waals surface area contributed by atoms with Gasteiger partial charge in [-0.05, 0) is 29.9 Å². The molecule has 0 saturated heterocycles. The number of hydrogen-bond acceptors (Lipinski definition) is 1. The fourth-order valence-electron chi connectivity index (χ4n) is 2.99. The first kappa shape index (κ1) is 14.9. The lowest BCUT2D eigenvalue weighted by Gasteiger charge is -2.20. The topological polar surface area (TPSA) is 29.1 Å². The van der Waals surface area contributed by atoms with Crippen LogP contribution in [-0.2, 0) is 11.0 Å². The molecular weight excluding hydrogens is 267 g/mol. The van der Waals surface area contributed by atoms with E-state index in [1.165, 1.54) is 6.07 Å². The van der Waals surface area contributed by atoms with Gasteiger partial charge in [0.2, 0.25) is 5.91 Å². The number of fused-ring (bicyclic) bond motifs is 1. The minimum atomic E-state index is -4.45. The van der Waals surface area contributed by atoms with Gasteiger partial charge in [-0.3, -0.25) is 4.79 Å². The fourth-order valence-corrected chi connectivity index (χ4v) is 2.99. The lowest BCUT2D eigenvalue weighted by molar-refractivity contribution is -0.136. The van der Waals surface area contributed by atoms with Crippen molar-refractivity contribution in [3.63, 3.8) is 0 Å². The number of halogens is 3. The van der Waals surface area contributed by atoms with Gasteiger partial charge >= 0.3 is 6.18 Å². The van der Waals surface area contributed by atoms with Crippen molar-refractivity contribution in [2.24, 2.45) is 11.8 Å². The number of carbonyl (C=O) groups excluding carboxylic acids is 1. The van der Waals surface area contributed by atoms with E-state index in [4.69, 9.17) is 0 Å². The maximum atomic E-state index is 13.0. The largest absolute Gasteiger partial charge is 0.418 e. The molecular formula is C15H18F3NO. The number of hydrogen-bond donors (Lipinski definition) is 1. The predicted octanol–water partition coefficient (Wildman–Crippen LogP) is 4.42. The summed E-state index contributed by atoms with van der Waals surface area (Å²) in [5.74, 6) is -0.410. The molecule has 5 heteroatoms. The summed E-state index contributed by atoms with van der Waals surface area (Å²) in [7, 11) is 0. The summed E-state index contributed by atoms with van der Waals surface area (Å²) in [5.41, 5.74) is -0.355. The van der Waals surface area contributed by atoms with Crippen LogP contribution >= 0.6 is 0 Å². The van der Waals surface area contributed by atoms with E-state index in [0.717, 1.165) is 12.5 Å². The second-order valence-corrected chi connectivity index (χ2v) is 5.84. The molecule has 0 saturated carbocycles. The third kappa shape index (κ3) is 2.67. The Bertz CT molecular complexity index is 522. The highest BCUT2D eigenvalue weighted by atomic mass is 19.4. The number of alkyl halides is 3. The van der Waals surface area contributed by atoms with E-state index in [0.29, 0.717) is 11.5 Å². The van der Waals surface area contributed by atoms with E-state index in [1.807, 2.05) is 20.8 Å². The fraction of sp³-hybridized carbons (Fsp3) is 0.533. The molecule has 2 nitrogen and oxygen atoms in total. The summed E-state index contributed by atoms with van der Waals surface area (Å²) < 4.78 is 38.9. The Balaban J connectivity index is 2.42. The summed E-state index contributed by atoms with van der Waals surface area (Å²) in [6.07, 6.45) is -3.65. The van der Waals surface area contributed by atoms with Crippen LogP contribution in [0.2, 0.25) is 0 Å². The second-order valence-electron chi connectivity index (χ2n) is 5.84. The van der Waals surface area contributed by atoms with E-state index in [-0.39, 0.29) is 17.5 Å². The van der Waals surface area contributed by atoms with Gasteiger partial charge in [0, 0.05) is 0 Å². The summed E-state index contributed by atoms with van der Waals surface area (Å²) in [5, 5.41) is 2.42. The zero-order valence-electron chi connectivity index (χ0n) is 11.7. The predicted molar refractivity (Wildman–Crippen MR) is 71.4 cm³/mol. The molecule has 1 heterocycles. The standard InChI is InChI=1S/C15H18F3NO/c1-8(2)7-9(3)12-10-5-4-6-11(15(16,17)18)13(10)19-14(12)20/h4-6,8-9,12H,7H2,1-3H3,(H,19,20). The first-order valence-corrected chi connectivity index (χ1v) is 6.72. The third-order valence-electron chi connectivity index (χ3n) is 3.68. The average molecular weight is 285 g/mol. The molecule has 0 fully saturated rings. The second kappa shape index (κ2) is 5.11. The van der Waals surface area contributed by atoms with Crippen LogP contribution in [0.25, 0.3) is 0 Å². The number of anilines is 1. The molecule has 1 aliphatic rings. The molecule has 0 radical (unpaired) electrons. The number of amides is 1. The van der Waals surface area contributed by atoms with Crippen LogP contribution in [0, 0.1) is 11.8 Å². The van der Waals surface area contributed by atoms with E-state index in [9.17, 15) is 18.0 Å². The number of nitrogens with one attached hydrogen (secondary N) is 1. The van der Waals surface area contributed by atoms with Crippen molar-refractivity contribution in [3.8, 4) is 0 Å². The van der Waals surface area contributed by atoms with Crippen molar-refractivity contribution in [2.75, 3.05) is 5.32 Å². The monoisotopic (exact) mass is 285 g/mol. The van der Waals surface area contributed by atoms with Crippen molar-refractivity contribution < 1.29 is 18.0 Å². The third-order valence-corrected chi connectivity index (χ3v) is 3.68. The van der Waals surface area contributed by atoms with E-state index in [2.05, 4.69) is 5.32 Å². The molecule has 20 heavy (non-hydrogen) atoms. The molecule has 0 aliphatic carbocycles. The maximum Gasteiger partial charge on any atom is 0.418 e. The van der Waals surface area contributed by atoms with Crippen LogP contribution in [0.1, 0.15) is 44.2 Å². The first-order valence-electron chi connectivity index (χ1n) is 6.72. The van der Waals surface area contributed by atoms with Crippen molar-refractivity contribution in [3.05, 3.63) is 29.3 Å². The lowest BCUT2D eigenvalue weighted by atomic mass is 9.83. The van der Waals surface area contributed by atoms with E-state index >= 15 is 0 Å². The van der Waals surface area contributed by atoms with Crippen LogP contribution < -0.4 is 5.32 Å². The van der Waals surface area contributed by atoms with Crippen LogP contribution in [0.15, 0.2) is 18.2 Å². The van der Waals surface area contributed by atoms with Crippen LogP contribution in [-0.4, -0.2) is 5.91 Å². The maximum absolute atomic E-state index is 13.0. The molecule has 110 valence electrons. The van der Waals surface area contributed by atoms with Gasteiger partial charge in [-0.1, -0.05) is 32.9 Å². The Kier molecular flexibility index (Phi) is 3.80. The normalized spacial score (nSPS) is 19.9. The number of rotatable bonds is 3. The molecule has 1 aromatic carbocycles. The van der Waals surface area contributed by atoms with Crippen molar-refractivity contribution in [1.82, 2.24) is 0 Å². The molecule has 1 amide bonds. The summed E-state index contributed by atoms with van der Waals surface area (Å²) in [6.45, 7) is 5.99. The van der Waals surface area contributed by atoms with Gasteiger partial charge in [-0.25, -0.2) is 0 Å².